The van der Waals surface area contributed by atoms with Crippen LogP contribution in [0.3, 0.4) is 0 Å². The molecule has 0 bridgehead atoms. The summed E-state index contributed by atoms with van der Waals surface area (Å²) in [4.78, 5) is 15.8. The van der Waals surface area contributed by atoms with Gasteiger partial charge in [0.05, 0.1) is 18.1 Å². The van der Waals surface area contributed by atoms with Crippen molar-refractivity contribution in [3.8, 4) is 0 Å². The molecule has 6 nitrogen and oxygen atoms in total. The highest BCUT2D eigenvalue weighted by molar-refractivity contribution is 7.91. The fraction of sp³-hybridized carbons (Fsp3) is 0.917. The molecule has 0 spiro atoms. The van der Waals surface area contributed by atoms with Crippen LogP contribution in [0.15, 0.2) is 0 Å². The minimum Gasteiger partial charge on any atom is -0.341 e. The number of nitrogens with zero attached hydrogens (tertiary/aromatic N) is 2. The van der Waals surface area contributed by atoms with Crippen LogP contribution in [0, 0.1) is 5.92 Å². The van der Waals surface area contributed by atoms with Crippen molar-refractivity contribution in [3.05, 3.63) is 0 Å². The summed E-state index contributed by atoms with van der Waals surface area (Å²) in [5, 5.41) is 0. The zero-order valence-electron chi connectivity index (χ0n) is 11.6. The lowest BCUT2D eigenvalue weighted by Gasteiger charge is -2.26. The number of amides is 1. The van der Waals surface area contributed by atoms with Crippen LogP contribution in [-0.2, 0) is 14.6 Å². The standard InChI is InChI=1S/C12H23N3O3S/c1-9-5-15(6-11(9)13)7-12(16)14(2)10-3-4-19(17,18)8-10/h9-11H,3-8,13H2,1-2H3. The number of carbonyl (C=O) groups excluding carboxylic acids is 1. The Bertz CT molecular complexity index is 441. The molecule has 0 aromatic carbocycles. The maximum absolute atomic E-state index is 12.2. The second kappa shape index (κ2) is 5.38. The molecule has 19 heavy (non-hydrogen) atoms. The summed E-state index contributed by atoms with van der Waals surface area (Å²) in [6, 6.07) is -0.0313. The fourth-order valence-electron chi connectivity index (χ4n) is 2.81. The molecule has 0 aliphatic carbocycles. The van der Waals surface area contributed by atoms with Crippen LogP contribution in [0.1, 0.15) is 13.3 Å². The molecule has 0 aromatic rings. The van der Waals surface area contributed by atoms with E-state index in [0.717, 1.165) is 13.1 Å². The fourth-order valence-corrected chi connectivity index (χ4v) is 4.59. The second-order valence-corrected chi connectivity index (χ2v) is 8.13. The average molecular weight is 289 g/mol. The first-order valence-electron chi connectivity index (χ1n) is 6.72. The summed E-state index contributed by atoms with van der Waals surface area (Å²) in [5.74, 6) is 0.694. The van der Waals surface area contributed by atoms with E-state index in [1.165, 1.54) is 0 Å². The van der Waals surface area contributed by atoms with Crippen LogP contribution < -0.4 is 5.73 Å². The molecule has 110 valence electrons. The van der Waals surface area contributed by atoms with Crippen molar-refractivity contribution in [3.63, 3.8) is 0 Å². The Hall–Kier alpha value is -0.660. The molecule has 2 N–H and O–H groups in total. The van der Waals surface area contributed by atoms with Crippen molar-refractivity contribution in [2.75, 3.05) is 38.2 Å². The van der Waals surface area contributed by atoms with Gasteiger partial charge in [0.1, 0.15) is 0 Å². The molecule has 3 unspecified atom stereocenters. The van der Waals surface area contributed by atoms with Crippen LogP contribution in [0.5, 0.6) is 0 Å². The first-order valence-corrected chi connectivity index (χ1v) is 8.54. The summed E-state index contributed by atoms with van der Waals surface area (Å²) in [5.41, 5.74) is 5.93. The second-order valence-electron chi connectivity index (χ2n) is 5.90. The maximum Gasteiger partial charge on any atom is 0.236 e. The van der Waals surface area contributed by atoms with E-state index in [-0.39, 0.29) is 29.5 Å². The van der Waals surface area contributed by atoms with Gasteiger partial charge < -0.3 is 10.6 Å². The lowest BCUT2D eigenvalue weighted by Crippen LogP contribution is -2.43. The monoisotopic (exact) mass is 289 g/mol. The van der Waals surface area contributed by atoms with Gasteiger partial charge in [0.2, 0.25) is 5.91 Å². The Balaban J connectivity index is 1.87. The minimum atomic E-state index is -2.95. The van der Waals surface area contributed by atoms with Gasteiger partial charge in [-0.2, -0.15) is 0 Å². The van der Waals surface area contributed by atoms with Crippen molar-refractivity contribution >= 4 is 15.7 Å². The predicted octanol–water partition coefficient (Wildman–Crippen LogP) is -1.09. The van der Waals surface area contributed by atoms with Crippen LogP contribution in [0.4, 0.5) is 0 Å². The molecule has 0 saturated carbocycles. The highest BCUT2D eigenvalue weighted by atomic mass is 32.2. The molecule has 2 rings (SSSR count). The van der Waals surface area contributed by atoms with Gasteiger partial charge in [-0.15, -0.1) is 0 Å². The molecule has 0 radical (unpaired) electrons. The number of likely N-dealkylation sites (tertiary alicyclic amines) is 1. The summed E-state index contributed by atoms with van der Waals surface area (Å²) >= 11 is 0. The summed E-state index contributed by atoms with van der Waals surface area (Å²) in [6.45, 7) is 4.00. The topological polar surface area (TPSA) is 83.7 Å². The predicted molar refractivity (Wildman–Crippen MR) is 73.4 cm³/mol. The lowest BCUT2D eigenvalue weighted by molar-refractivity contribution is -0.132. The van der Waals surface area contributed by atoms with Gasteiger partial charge in [0, 0.05) is 32.2 Å². The molecule has 1 amide bonds. The molecule has 7 heteroatoms. The van der Waals surface area contributed by atoms with Gasteiger partial charge in [0.15, 0.2) is 9.84 Å². The Morgan fingerprint density at radius 2 is 2.11 bits per heavy atom. The van der Waals surface area contributed by atoms with Crippen LogP contribution >= 0.6 is 0 Å². The van der Waals surface area contributed by atoms with Gasteiger partial charge in [-0.3, -0.25) is 9.69 Å². The van der Waals surface area contributed by atoms with Crippen molar-refractivity contribution in [2.45, 2.75) is 25.4 Å². The first kappa shape index (κ1) is 14.7. The highest BCUT2D eigenvalue weighted by Gasteiger charge is 2.34. The third-order valence-corrected chi connectivity index (χ3v) is 6.00. The molecule has 0 aromatic heterocycles. The van der Waals surface area contributed by atoms with E-state index in [2.05, 4.69) is 11.8 Å². The third kappa shape index (κ3) is 3.46. The van der Waals surface area contributed by atoms with Gasteiger partial charge in [0.25, 0.3) is 0 Å². The highest BCUT2D eigenvalue weighted by Crippen LogP contribution is 2.18. The Labute approximate surface area is 114 Å². The zero-order chi connectivity index (χ0) is 14.2. The molecular formula is C12H23N3O3S. The number of likely N-dealkylation sites (N-methyl/N-ethyl adjacent to an activating group) is 1. The smallest absolute Gasteiger partial charge is 0.236 e. The van der Waals surface area contributed by atoms with E-state index in [0.29, 0.717) is 18.9 Å². The van der Waals surface area contributed by atoms with Crippen LogP contribution in [0.25, 0.3) is 0 Å². The van der Waals surface area contributed by atoms with Crippen LogP contribution in [0.2, 0.25) is 0 Å². The maximum atomic E-state index is 12.2. The largest absolute Gasteiger partial charge is 0.341 e. The molecule has 2 aliphatic heterocycles. The van der Waals surface area contributed by atoms with Gasteiger partial charge in [-0.25, -0.2) is 8.42 Å². The van der Waals surface area contributed by atoms with E-state index in [1.807, 2.05) is 0 Å². The molecule has 2 heterocycles. The molecular weight excluding hydrogens is 266 g/mol. The van der Waals surface area contributed by atoms with Crippen molar-refractivity contribution < 1.29 is 13.2 Å². The number of hydrogen-bond donors (Lipinski definition) is 1. The van der Waals surface area contributed by atoms with Crippen molar-refractivity contribution in [1.82, 2.24) is 9.80 Å². The third-order valence-electron chi connectivity index (χ3n) is 4.25. The van der Waals surface area contributed by atoms with Gasteiger partial charge in [-0.1, -0.05) is 6.92 Å². The number of nitrogens with two attached hydrogens (primary N) is 1. The van der Waals surface area contributed by atoms with Crippen molar-refractivity contribution in [2.24, 2.45) is 11.7 Å². The normalized spacial score (nSPS) is 34.6. The number of hydrogen-bond acceptors (Lipinski definition) is 5. The lowest BCUT2D eigenvalue weighted by atomic mass is 10.1. The number of carbonyl (C=O) groups is 1. The molecule has 2 aliphatic rings. The Morgan fingerprint density at radius 3 is 2.58 bits per heavy atom. The van der Waals surface area contributed by atoms with E-state index in [9.17, 15) is 13.2 Å². The minimum absolute atomic E-state index is 0.0107. The van der Waals surface area contributed by atoms with Gasteiger partial charge >= 0.3 is 0 Å². The molecule has 3 atom stereocenters. The van der Waals surface area contributed by atoms with E-state index >= 15 is 0 Å². The van der Waals surface area contributed by atoms with Gasteiger partial charge in [-0.05, 0) is 12.3 Å². The summed E-state index contributed by atoms with van der Waals surface area (Å²) in [7, 11) is -1.24. The zero-order valence-corrected chi connectivity index (χ0v) is 12.4. The Morgan fingerprint density at radius 1 is 1.42 bits per heavy atom. The van der Waals surface area contributed by atoms with Crippen molar-refractivity contribution in [1.29, 1.82) is 0 Å². The van der Waals surface area contributed by atoms with E-state index in [1.54, 1.807) is 11.9 Å². The average Bonchev–Trinajstić information content (AvgIpc) is 2.81. The summed E-state index contributed by atoms with van der Waals surface area (Å²) in [6.07, 6.45) is 0.556. The molecule has 2 fully saturated rings. The van der Waals surface area contributed by atoms with Crippen LogP contribution in [-0.4, -0.2) is 74.4 Å². The number of rotatable bonds is 3. The Kier molecular flexibility index (Phi) is 4.17. The number of sulfone groups is 1. The van der Waals surface area contributed by atoms with E-state index < -0.39 is 9.84 Å². The first-order chi connectivity index (χ1) is 8.78. The van der Waals surface area contributed by atoms with E-state index in [4.69, 9.17) is 5.73 Å². The molecule has 2 saturated heterocycles. The SMILES string of the molecule is CC1CN(CC(=O)N(C)C2CCS(=O)(=O)C2)CC1N. The quantitative estimate of drug-likeness (QED) is 0.714. The summed E-state index contributed by atoms with van der Waals surface area (Å²) < 4.78 is 22.9.